The zero-order valence-electron chi connectivity index (χ0n) is 11.5. The van der Waals surface area contributed by atoms with Crippen molar-refractivity contribution in [1.29, 1.82) is 0 Å². The van der Waals surface area contributed by atoms with E-state index in [1.807, 2.05) is 0 Å². The fraction of sp³-hybridized carbons (Fsp3) is 1.00. The van der Waals surface area contributed by atoms with E-state index in [9.17, 15) is 0 Å². The lowest BCUT2D eigenvalue weighted by Gasteiger charge is -2.40. The summed E-state index contributed by atoms with van der Waals surface area (Å²) in [5.74, 6) is 1.93. The second-order valence-corrected chi connectivity index (χ2v) is 6.76. The van der Waals surface area contributed by atoms with Gasteiger partial charge in [-0.1, -0.05) is 13.3 Å². The molecule has 0 unspecified atom stereocenters. The molecule has 2 saturated heterocycles. The SMILES string of the molecule is CCC1CN(C[C@H]2CCN(C(C)(C)C)C2)C1. The van der Waals surface area contributed by atoms with E-state index in [4.69, 9.17) is 0 Å². The number of nitrogens with zero attached hydrogens (tertiary/aromatic N) is 2. The van der Waals surface area contributed by atoms with Gasteiger partial charge in [-0.15, -0.1) is 0 Å². The number of hydrogen-bond acceptors (Lipinski definition) is 2. The first-order chi connectivity index (χ1) is 7.49. The van der Waals surface area contributed by atoms with Crippen molar-refractivity contribution in [2.45, 2.75) is 46.1 Å². The highest BCUT2D eigenvalue weighted by Gasteiger charge is 2.33. The zero-order chi connectivity index (χ0) is 11.8. The lowest BCUT2D eigenvalue weighted by Crippen LogP contribution is -2.49. The highest BCUT2D eigenvalue weighted by Crippen LogP contribution is 2.27. The summed E-state index contributed by atoms with van der Waals surface area (Å²) in [4.78, 5) is 5.31. The summed E-state index contributed by atoms with van der Waals surface area (Å²) in [5, 5.41) is 0. The fourth-order valence-electron chi connectivity index (χ4n) is 3.04. The third-order valence-corrected chi connectivity index (χ3v) is 4.36. The average molecular weight is 224 g/mol. The van der Waals surface area contributed by atoms with Crippen LogP contribution in [0.5, 0.6) is 0 Å². The average Bonchev–Trinajstić information content (AvgIpc) is 2.57. The largest absolute Gasteiger partial charge is 0.302 e. The van der Waals surface area contributed by atoms with Gasteiger partial charge in [-0.3, -0.25) is 4.90 Å². The Bertz CT molecular complexity index is 225. The van der Waals surface area contributed by atoms with Crippen LogP contribution in [0.2, 0.25) is 0 Å². The van der Waals surface area contributed by atoms with Crippen molar-refractivity contribution in [3.8, 4) is 0 Å². The van der Waals surface area contributed by atoms with Crippen LogP contribution < -0.4 is 0 Å². The summed E-state index contributed by atoms with van der Waals surface area (Å²) in [6, 6.07) is 0. The van der Waals surface area contributed by atoms with Crippen LogP contribution in [0.3, 0.4) is 0 Å². The smallest absolute Gasteiger partial charge is 0.0125 e. The molecule has 2 heterocycles. The molecule has 2 rings (SSSR count). The maximum atomic E-state index is 2.66. The molecule has 0 amide bonds. The minimum Gasteiger partial charge on any atom is -0.302 e. The van der Waals surface area contributed by atoms with E-state index in [0.29, 0.717) is 5.54 Å². The van der Waals surface area contributed by atoms with Gasteiger partial charge in [0.05, 0.1) is 0 Å². The Kier molecular flexibility index (Phi) is 3.60. The van der Waals surface area contributed by atoms with Crippen molar-refractivity contribution in [3.05, 3.63) is 0 Å². The summed E-state index contributed by atoms with van der Waals surface area (Å²) in [7, 11) is 0. The van der Waals surface area contributed by atoms with Crippen LogP contribution >= 0.6 is 0 Å². The van der Waals surface area contributed by atoms with Crippen LogP contribution in [0.15, 0.2) is 0 Å². The normalized spacial score (nSPS) is 29.6. The standard InChI is InChI=1S/C14H28N2/c1-5-12-8-15(9-12)10-13-6-7-16(11-13)14(2,3)4/h12-13H,5-11H2,1-4H3/t13-/m1/s1. The Morgan fingerprint density at radius 1 is 1.06 bits per heavy atom. The highest BCUT2D eigenvalue weighted by atomic mass is 15.2. The molecule has 0 spiro atoms. The molecule has 0 aromatic carbocycles. The molecule has 0 aromatic rings. The summed E-state index contributed by atoms with van der Waals surface area (Å²) in [6.07, 6.45) is 2.78. The van der Waals surface area contributed by atoms with E-state index in [1.54, 1.807) is 0 Å². The highest BCUT2D eigenvalue weighted by molar-refractivity contribution is 4.88. The van der Waals surface area contributed by atoms with Crippen LogP contribution in [-0.2, 0) is 0 Å². The summed E-state index contributed by atoms with van der Waals surface area (Å²) in [5.41, 5.74) is 0.371. The van der Waals surface area contributed by atoms with Gasteiger partial charge in [0.2, 0.25) is 0 Å². The van der Waals surface area contributed by atoms with Crippen molar-refractivity contribution in [2.75, 3.05) is 32.7 Å². The van der Waals surface area contributed by atoms with E-state index in [2.05, 4.69) is 37.5 Å². The Balaban J connectivity index is 1.70. The fourth-order valence-corrected chi connectivity index (χ4v) is 3.04. The molecule has 2 aliphatic heterocycles. The molecule has 0 radical (unpaired) electrons. The van der Waals surface area contributed by atoms with E-state index >= 15 is 0 Å². The molecule has 2 aliphatic rings. The van der Waals surface area contributed by atoms with E-state index in [1.165, 1.54) is 45.6 Å². The second kappa shape index (κ2) is 4.66. The molecule has 94 valence electrons. The number of likely N-dealkylation sites (tertiary alicyclic amines) is 2. The zero-order valence-corrected chi connectivity index (χ0v) is 11.5. The van der Waals surface area contributed by atoms with Crippen molar-refractivity contribution < 1.29 is 0 Å². The summed E-state index contributed by atoms with van der Waals surface area (Å²) in [6.45, 7) is 16.0. The summed E-state index contributed by atoms with van der Waals surface area (Å²) < 4.78 is 0. The van der Waals surface area contributed by atoms with Gasteiger partial charge < -0.3 is 4.90 Å². The first-order valence-electron chi connectivity index (χ1n) is 6.96. The lowest BCUT2D eigenvalue weighted by molar-refractivity contribution is 0.0765. The molecule has 16 heavy (non-hydrogen) atoms. The van der Waals surface area contributed by atoms with Gasteiger partial charge in [-0.25, -0.2) is 0 Å². The predicted molar refractivity (Wildman–Crippen MR) is 69.7 cm³/mol. The molecule has 2 fully saturated rings. The molecule has 0 aromatic heterocycles. The van der Waals surface area contributed by atoms with Gasteiger partial charge in [0, 0.05) is 31.7 Å². The number of rotatable bonds is 3. The van der Waals surface area contributed by atoms with E-state index < -0.39 is 0 Å². The summed E-state index contributed by atoms with van der Waals surface area (Å²) >= 11 is 0. The van der Waals surface area contributed by atoms with E-state index in [-0.39, 0.29) is 0 Å². The third kappa shape index (κ3) is 2.78. The minimum atomic E-state index is 0.371. The van der Waals surface area contributed by atoms with Crippen molar-refractivity contribution in [3.63, 3.8) is 0 Å². The Morgan fingerprint density at radius 3 is 2.25 bits per heavy atom. The monoisotopic (exact) mass is 224 g/mol. The minimum absolute atomic E-state index is 0.371. The first-order valence-corrected chi connectivity index (χ1v) is 6.96. The molecular weight excluding hydrogens is 196 g/mol. The maximum absolute atomic E-state index is 2.66. The molecule has 0 bridgehead atoms. The third-order valence-electron chi connectivity index (χ3n) is 4.36. The molecule has 2 heteroatoms. The van der Waals surface area contributed by atoms with Crippen molar-refractivity contribution in [2.24, 2.45) is 11.8 Å². The Hall–Kier alpha value is -0.0800. The van der Waals surface area contributed by atoms with Gasteiger partial charge in [-0.2, -0.15) is 0 Å². The van der Waals surface area contributed by atoms with Crippen LogP contribution in [0.1, 0.15) is 40.5 Å². The van der Waals surface area contributed by atoms with Crippen LogP contribution in [0.4, 0.5) is 0 Å². The van der Waals surface area contributed by atoms with Gasteiger partial charge in [0.1, 0.15) is 0 Å². The van der Waals surface area contributed by atoms with Crippen molar-refractivity contribution in [1.82, 2.24) is 9.80 Å². The molecule has 0 aliphatic carbocycles. The Morgan fingerprint density at radius 2 is 1.75 bits per heavy atom. The predicted octanol–water partition coefficient (Wildman–Crippen LogP) is 2.45. The lowest BCUT2D eigenvalue weighted by atomic mass is 9.95. The first kappa shape index (κ1) is 12.4. The number of hydrogen-bond donors (Lipinski definition) is 0. The molecule has 1 atom stereocenters. The van der Waals surface area contributed by atoms with Gasteiger partial charge >= 0.3 is 0 Å². The van der Waals surface area contributed by atoms with E-state index in [0.717, 1.165) is 11.8 Å². The quantitative estimate of drug-likeness (QED) is 0.726. The van der Waals surface area contributed by atoms with Crippen LogP contribution in [0, 0.1) is 11.8 Å². The molecule has 0 saturated carbocycles. The van der Waals surface area contributed by atoms with Gasteiger partial charge in [0.25, 0.3) is 0 Å². The topological polar surface area (TPSA) is 6.48 Å². The van der Waals surface area contributed by atoms with Gasteiger partial charge in [-0.05, 0) is 45.6 Å². The van der Waals surface area contributed by atoms with Crippen molar-refractivity contribution >= 4 is 0 Å². The molecule has 0 N–H and O–H groups in total. The molecule has 2 nitrogen and oxygen atoms in total. The maximum Gasteiger partial charge on any atom is 0.0125 e. The van der Waals surface area contributed by atoms with Crippen LogP contribution in [0.25, 0.3) is 0 Å². The second-order valence-electron chi connectivity index (χ2n) is 6.76. The van der Waals surface area contributed by atoms with Gasteiger partial charge in [0.15, 0.2) is 0 Å². The van der Waals surface area contributed by atoms with Crippen LogP contribution in [-0.4, -0.2) is 48.1 Å². The Labute approximate surface area is 101 Å². The molecular formula is C14H28N2.